The van der Waals surface area contributed by atoms with Crippen molar-refractivity contribution >= 4 is 34.1 Å². The van der Waals surface area contributed by atoms with Crippen molar-refractivity contribution in [3.63, 3.8) is 0 Å². The van der Waals surface area contributed by atoms with Crippen LogP contribution in [0.5, 0.6) is 0 Å². The average Bonchev–Trinajstić information content (AvgIpc) is 3.21. The fraction of sp³-hybridized carbons (Fsp3) is 0.0400. The summed E-state index contributed by atoms with van der Waals surface area (Å²) in [5.74, 6) is 0. The van der Waals surface area contributed by atoms with E-state index in [1.165, 1.54) is 101 Å². The van der Waals surface area contributed by atoms with E-state index in [2.05, 4.69) is 192 Å². The smallest absolute Gasteiger partial charge is 0.0497 e. The third-order valence-corrected chi connectivity index (χ3v) is 11.2. The Labute approximate surface area is 304 Å². The Bertz CT molecular complexity index is 2440. The highest BCUT2D eigenvalue weighted by molar-refractivity contribution is 6.05. The summed E-state index contributed by atoms with van der Waals surface area (Å²) in [5, 5.41) is 0. The summed E-state index contributed by atoms with van der Waals surface area (Å²) in [5.41, 5.74) is 22.7. The molecular weight excluding hydrogens is 629 g/mol. The number of rotatable bonds is 2. The molecule has 0 unspecified atom stereocenters. The zero-order valence-electron chi connectivity index (χ0n) is 28.6. The highest BCUT2D eigenvalue weighted by Crippen LogP contribution is 2.52. The van der Waals surface area contributed by atoms with Gasteiger partial charge in [-0.1, -0.05) is 133 Å². The monoisotopic (exact) mass is 662 g/mol. The van der Waals surface area contributed by atoms with Gasteiger partial charge in [0.2, 0.25) is 0 Å². The molecule has 2 nitrogen and oxygen atoms in total. The van der Waals surface area contributed by atoms with Gasteiger partial charge in [0.25, 0.3) is 0 Å². The van der Waals surface area contributed by atoms with Crippen molar-refractivity contribution in [2.24, 2.45) is 0 Å². The third kappa shape index (κ3) is 4.37. The molecule has 3 aliphatic rings. The van der Waals surface area contributed by atoms with Crippen molar-refractivity contribution in [3.8, 4) is 44.5 Å². The van der Waals surface area contributed by atoms with E-state index in [-0.39, 0.29) is 0 Å². The van der Waals surface area contributed by atoms with Crippen LogP contribution < -0.4 is 9.80 Å². The van der Waals surface area contributed by atoms with Gasteiger partial charge >= 0.3 is 0 Å². The van der Waals surface area contributed by atoms with Crippen LogP contribution in [0.3, 0.4) is 0 Å². The summed E-state index contributed by atoms with van der Waals surface area (Å²) in [6, 6.07) is 67.5. The highest BCUT2D eigenvalue weighted by atomic mass is 15.2. The van der Waals surface area contributed by atoms with E-state index in [0.29, 0.717) is 0 Å². The first-order valence-corrected chi connectivity index (χ1v) is 18.2. The fourth-order valence-electron chi connectivity index (χ4n) is 8.90. The molecule has 0 saturated carbocycles. The van der Waals surface area contributed by atoms with Crippen LogP contribution in [0.15, 0.2) is 182 Å². The minimum Gasteiger partial charge on any atom is -0.310 e. The maximum absolute atomic E-state index is 2.45. The van der Waals surface area contributed by atoms with E-state index in [1.807, 2.05) is 0 Å². The predicted octanol–water partition coefficient (Wildman–Crippen LogP) is 13.4. The first kappa shape index (κ1) is 29.1. The predicted molar refractivity (Wildman–Crippen MR) is 217 cm³/mol. The molecule has 8 aromatic rings. The zero-order valence-corrected chi connectivity index (χ0v) is 28.6. The molecule has 0 aromatic heterocycles. The lowest BCUT2D eigenvalue weighted by Crippen LogP contribution is -2.18. The number of fused-ring (bicyclic) bond motifs is 12. The Hall–Kier alpha value is -6.64. The topological polar surface area (TPSA) is 6.48 Å². The molecule has 2 heterocycles. The van der Waals surface area contributed by atoms with E-state index < -0.39 is 0 Å². The normalized spacial score (nSPS) is 13.2. The van der Waals surface area contributed by atoms with Crippen molar-refractivity contribution in [2.45, 2.75) is 12.8 Å². The summed E-state index contributed by atoms with van der Waals surface area (Å²) >= 11 is 0. The summed E-state index contributed by atoms with van der Waals surface area (Å²) in [6.45, 7) is 0. The molecule has 0 spiro atoms. The second kappa shape index (κ2) is 11.4. The SMILES string of the molecule is c1ccc2c(c1)Cc1ccccc1N2c1ccc2c(c1)-c1ccccc1-c1ccc(N3c4ccccc4Cc4ccccc43)cc1-c1ccccc1-2. The van der Waals surface area contributed by atoms with E-state index in [0.717, 1.165) is 12.8 Å². The molecular formula is C50H34N2. The van der Waals surface area contributed by atoms with Crippen molar-refractivity contribution in [1.29, 1.82) is 0 Å². The first-order valence-electron chi connectivity index (χ1n) is 18.2. The largest absolute Gasteiger partial charge is 0.310 e. The Morgan fingerprint density at radius 3 is 0.865 bits per heavy atom. The van der Waals surface area contributed by atoms with Gasteiger partial charge in [0.05, 0.1) is 0 Å². The molecule has 0 fully saturated rings. The van der Waals surface area contributed by atoms with E-state index >= 15 is 0 Å². The molecule has 244 valence electrons. The summed E-state index contributed by atoms with van der Waals surface area (Å²) in [7, 11) is 0. The van der Waals surface area contributed by atoms with Crippen molar-refractivity contribution < 1.29 is 0 Å². The molecule has 0 saturated heterocycles. The molecule has 0 amide bonds. The van der Waals surface area contributed by atoms with Crippen LogP contribution in [0.25, 0.3) is 44.5 Å². The lowest BCUT2D eigenvalue weighted by atomic mass is 9.80. The third-order valence-electron chi connectivity index (χ3n) is 11.2. The molecule has 2 heteroatoms. The second-order valence-electron chi connectivity index (χ2n) is 14.1. The van der Waals surface area contributed by atoms with E-state index in [4.69, 9.17) is 0 Å². The lowest BCUT2D eigenvalue weighted by molar-refractivity contribution is 1.09. The van der Waals surface area contributed by atoms with Gasteiger partial charge in [-0.05, 0) is 115 Å². The quantitative estimate of drug-likeness (QED) is 0.182. The maximum atomic E-state index is 2.45. The van der Waals surface area contributed by atoms with Gasteiger partial charge in [-0.3, -0.25) is 0 Å². The number of benzene rings is 8. The zero-order chi connectivity index (χ0) is 34.2. The van der Waals surface area contributed by atoms with Gasteiger partial charge < -0.3 is 9.80 Å². The Morgan fingerprint density at radius 1 is 0.250 bits per heavy atom. The lowest BCUT2D eigenvalue weighted by Gasteiger charge is -2.35. The van der Waals surface area contributed by atoms with Crippen LogP contribution in [0.4, 0.5) is 34.1 Å². The number of para-hydroxylation sites is 4. The molecule has 11 rings (SSSR count). The summed E-state index contributed by atoms with van der Waals surface area (Å²) in [6.07, 6.45) is 1.88. The van der Waals surface area contributed by atoms with Crippen LogP contribution in [0, 0.1) is 0 Å². The Balaban J connectivity index is 1.13. The van der Waals surface area contributed by atoms with Gasteiger partial charge in [0, 0.05) is 47.0 Å². The van der Waals surface area contributed by atoms with Crippen LogP contribution in [0.2, 0.25) is 0 Å². The number of anilines is 6. The minimum absolute atomic E-state index is 0.942. The van der Waals surface area contributed by atoms with Gasteiger partial charge in [-0.2, -0.15) is 0 Å². The van der Waals surface area contributed by atoms with Gasteiger partial charge in [0.15, 0.2) is 0 Å². The van der Waals surface area contributed by atoms with Crippen molar-refractivity contribution in [3.05, 3.63) is 204 Å². The molecule has 8 aromatic carbocycles. The minimum atomic E-state index is 0.942. The van der Waals surface area contributed by atoms with Gasteiger partial charge in [-0.15, -0.1) is 0 Å². The maximum Gasteiger partial charge on any atom is 0.0497 e. The standard InChI is InChI=1S/C50H34N2/c1-9-21-47-33(13-1)29-34-14-2-10-22-48(34)51(47)37-25-27-43-40-18-6-8-20-42(40)46-32-38(26-28-44(46)39-17-5-7-19-41(39)45(43)31-37)52-49-23-11-3-15-35(49)30-36-16-4-12-24-50(36)52/h1-28,31-32H,29-30H2. The number of hydrogen-bond acceptors (Lipinski definition) is 2. The second-order valence-corrected chi connectivity index (χ2v) is 14.1. The van der Waals surface area contributed by atoms with Crippen LogP contribution in [-0.2, 0) is 12.8 Å². The summed E-state index contributed by atoms with van der Waals surface area (Å²) < 4.78 is 0. The van der Waals surface area contributed by atoms with Crippen LogP contribution in [0.1, 0.15) is 22.3 Å². The molecule has 2 aliphatic heterocycles. The van der Waals surface area contributed by atoms with Crippen LogP contribution in [-0.4, -0.2) is 0 Å². The molecule has 0 bridgehead atoms. The fourth-order valence-corrected chi connectivity index (χ4v) is 8.90. The average molecular weight is 663 g/mol. The molecule has 52 heavy (non-hydrogen) atoms. The Morgan fingerprint density at radius 2 is 0.519 bits per heavy atom. The van der Waals surface area contributed by atoms with Gasteiger partial charge in [0.1, 0.15) is 0 Å². The molecule has 0 N–H and O–H groups in total. The van der Waals surface area contributed by atoms with Crippen LogP contribution >= 0.6 is 0 Å². The van der Waals surface area contributed by atoms with Crippen molar-refractivity contribution in [2.75, 3.05) is 9.80 Å². The molecule has 1 aliphatic carbocycles. The number of nitrogens with zero attached hydrogens (tertiary/aromatic N) is 2. The molecule has 0 atom stereocenters. The first-order chi connectivity index (χ1) is 25.8. The molecule has 0 radical (unpaired) electrons. The summed E-state index contributed by atoms with van der Waals surface area (Å²) in [4.78, 5) is 4.91. The Kier molecular flexibility index (Phi) is 6.41. The van der Waals surface area contributed by atoms with Gasteiger partial charge in [-0.25, -0.2) is 0 Å². The number of hydrogen-bond donors (Lipinski definition) is 0. The van der Waals surface area contributed by atoms with E-state index in [9.17, 15) is 0 Å². The van der Waals surface area contributed by atoms with Crippen molar-refractivity contribution in [1.82, 2.24) is 0 Å². The highest BCUT2D eigenvalue weighted by Gasteiger charge is 2.29. The van der Waals surface area contributed by atoms with E-state index in [1.54, 1.807) is 0 Å².